The molecule has 0 bridgehead atoms. The minimum atomic E-state index is -0.583. The smallest absolute Gasteiger partial charge is 0.142 e. The molecule has 0 fully saturated rings. The van der Waals surface area contributed by atoms with E-state index in [1.807, 2.05) is 26.0 Å². The zero-order valence-electron chi connectivity index (χ0n) is 11.2. The van der Waals surface area contributed by atoms with E-state index in [9.17, 15) is 8.78 Å². The van der Waals surface area contributed by atoms with Crippen molar-refractivity contribution in [2.75, 3.05) is 0 Å². The molecule has 0 unspecified atom stereocenters. The van der Waals surface area contributed by atoms with Gasteiger partial charge in [-0.1, -0.05) is 42.2 Å². The summed E-state index contributed by atoms with van der Waals surface area (Å²) in [6.07, 6.45) is 0. The second kappa shape index (κ2) is 8.57. The van der Waals surface area contributed by atoms with Crippen LogP contribution < -0.4 is 0 Å². The van der Waals surface area contributed by atoms with Crippen LogP contribution in [0.1, 0.15) is 24.1 Å². The summed E-state index contributed by atoms with van der Waals surface area (Å²) in [6.45, 7) is 5.31. The van der Waals surface area contributed by atoms with Gasteiger partial charge in [-0.3, -0.25) is 0 Å². The molecule has 0 aliphatic carbocycles. The van der Waals surface area contributed by atoms with Gasteiger partial charge in [0, 0.05) is 15.6 Å². The van der Waals surface area contributed by atoms with E-state index in [2.05, 4.69) is 0 Å². The van der Waals surface area contributed by atoms with E-state index in [1.165, 1.54) is 6.92 Å². The van der Waals surface area contributed by atoms with E-state index >= 15 is 0 Å². The highest BCUT2D eigenvalue weighted by atomic mass is 35.5. The lowest BCUT2D eigenvalue weighted by atomic mass is 10.2. The molecule has 0 saturated heterocycles. The van der Waals surface area contributed by atoms with E-state index in [-0.39, 0.29) is 18.0 Å². The largest absolute Gasteiger partial charge is 0.207 e. The average Bonchev–Trinajstić information content (AvgIpc) is 2.39. The maximum absolute atomic E-state index is 12.5. The van der Waals surface area contributed by atoms with Gasteiger partial charge >= 0.3 is 0 Å². The molecule has 0 aliphatic heterocycles. The lowest BCUT2D eigenvalue weighted by Crippen LogP contribution is -1.86. The van der Waals surface area contributed by atoms with Gasteiger partial charge in [-0.05, 0) is 56.2 Å². The van der Waals surface area contributed by atoms with Crippen LogP contribution in [-0.4, -0.2) is 0 Å². The summed E-state index contributed by atoms with van der Waals surface area (Å²) < 4.78 is 25.0. The first-order valence-electron chi connectivity index (χ1n) is 5.76. The molecule has 0 heterocycles. The molecule has 0 N–H and O–H groups in total. The minimum Gasteiger partial charge on any atom is -0.207 e. The SMILES string of the molecule is C.Cc1c(F)ccc(F)c1Cl.Cc1cc(Cl)c(C)c(Cl)c1. The van der Waals surface area contributed by atoms with E-state index < -0.39 is 11.6 Å². The highest BCUT2D eigenvalue weighted by Crippen LogP contribution is 2.24. The quantitative estimate of drug-likeness (QED) is 0.440. The van der Waals surface area contributed by atoms with Gasteiger partial charge in [-0.15, -0.1) is 0 Å². The van der Waals surface area contributed by atoms with Gasteiger partial charge in [0.05, 0.1) is 5.02 Å². The van der Waals surface area contributed by atoms with E-state index in [1.54, 1.807) is 0 Å². The van der Waals surface area contributed by atoms with Crippen molar-refractivity contribution in [1.29, 1.82) is 0 Å². The minimum absolute atomic E-state index is 0. The summed E-state index contributed by atoms with van der Waals surface area (Å²) in [7, 11) is 0. The molecule has 0 atom stereocenters. The summed E-state index contributed by atoms with van der Waals surface area (Å²) in [6, 6.07) is 5.87. The molecule has 0 aromatic heterocycles. The number of aryl methyl sites for hydroxylation is 1. The Balaban J connectivity index is 0.000000364. The maximum atomic E-state index is 12.5. The molecule has 0 amide bonds. The van der Waals surface area contributed by atoms with Gasteiger partial charge in [-0.25, -0.2) is 8.78 Å². The average molecular weight is 354 g/mol. The molecule has 0 saturated carbocycles. The van der Waals surface area contributed by atoms with Crippen LogP contribution in [-0.2, 0) is 0 Å². The molecule has 2 rings (SSSR count). The van der Waals surface area contributed by atoms with Gasteiger partial charge in [-0.2, -0.15) is 0 Å². The zero-order chi connectivity index (χ0) is 15.4. The van der Waals surface area contributed by atoms with Gasteiger partial charge in [0.25, 0.3) is 0 Å². The predicted molar refractivity (Wildman–Crippen MR) is 88.8 cm³/mol. The van der Waals surface area contributed by atoms with E-state index in [0.29, 0.717) is 0 Å². The predicted octanol–water partition coefficient (Wildman–Crippen LogP) is 7.17. The van der Waals surface area contributed by atoms with Crippen molar-refractivity contribution in [3.63, 3.8) is 0 Å². The molecule has 21 heavy (non-hydrogen) atoms. The standard InChI is InChI=1S/C8H8Cl2.C7H5ClF2.CH4/c1-5-3-7(9)6(2)8(10)4-5;1-4-5(9)2-3-6(10)7(4)8;/h3-4H,1-2H3;2-3H,1H3;1H4. The molecule has 0 radical (unpaired) electrons. The second-order valence-electron chi connectivity index (χ2n) is 4.32. The molecule has 2 aromatic carbocycles. The van der Waals surface area contributed by atoms with Crippen LogP contribution in [0.2, 0.25) is 15.1 Å². The Bertz CT molecular complexity index is 575. The van der Waals surface area contributed by atoms with E-state index in [4.69, 9.17) is 34.8 Å². The Morgan fingerprint density at radius 1 is 0.762 bits per heavy atom. The summed E-state index contributed by atoms with van der Waals surface area (Å²) in [5.41, 5.74) is 2.20. The van der Waals surface area contributed by atoms with Crippen molar-refractivity contribution in [3.05, 3.63) is 67.7 Å². The van der Waals surface area contributed by atoms with Gasteiger partial charge in [0.15, 0.2) is 0 Å². The van der Waals surface area contributed by atoms with Crippen molar-refractivity contribution in [2.45, 2.75) is 28.2 Å². The van der Waals surface area contributed by atoms with Crippen LogP contribution in [0.4, 0.5) is 8.78 Å². The topological polar surface area (TPSA) is 0 Å². The zero-order valence-corrected chi connectivity index (χ0v) is 13.5. The third-order valence-corrected chi connectivity index (χ3v) is 3.95. The molecule has 116 valence electrons. The summed E-state index contributed by atoms with van der Waals surface area (Å²) in [5.74, 6) is -1.06. The molecule has 5 heteroatoms. The Labute approximate surface area is 139 Å². The molecular weight excluding hydrogens is 337 g/mol. The fraction of sp³-hybridized carbons (Fsp3) is 0.250. The number of benzene rings is 2. The second-order valence-corrected chi connectivity index (χ2v) is 5.51. The first kappa shape index (κ1) is 20.2. The fourth-order valence-electron chi connectivity index (χ4n) is 1.40. The first-order valence-corrected chi connectivity index (χ1v) is 6.89. The van der Waals surface area contributed by atoms with Crippen molar-refractivity contribution >= 4 is 34.8 Å². The van der Waals surface area contributed by atoms with Crippen LogP contribution in [0.25, 0.3) is 0 Å². The summed E-state index contributed by atoms with van der Waals surface area (Å²) in [5, 5.41) is 1.34. The number of halogens is 5. The number of hydrogen-bond acceptors (Lipinski definition) is 0. The van der Waals surface area contributed by atoms with Gasteiger partial charge in [0.1, 0.15) is 11.6 Å². The van der Waals surface area contributed by atoms with Crippen LogP contribution in [0.15, 0.2) is 24.3 Å². The molecule has 0 spiro atoms. The summed E-state index contributed by atoms with van der Waals surface area (Å²) >= 11 is 17.0. The molecular formula is C16H17Cl3F2. The van der Waals surface area contributed by atoms with E-state index in [0.717, 1.165) is 33.3 Å². The third kappa shape index (κ3) is 5.46. The van der Waals surface area contributed by atoms with Crippen molar-refractivity contribution < 1.29 is 8.78 Å². The van der Waals surface area contributed by atoms with Crippen LogP contribution >= 0.6 is 34.8 Å². The maximum Gasteiger partial charge on any atom is 0.142 e. The highest BCUT2D eigenvalue weighted by molar-refractivity contribution is 6.36. The van der Waals surface area contributed by atoms with Crippen LogP contribution in [0.3, 0.4) is 0 Å². The monoisotopic (exact) mass is 352 g/mol. The Kier molecular flexibility index (Phi) is 8.23. The third-order valence-electron chi connectivity index (χ3n) is 2.70. The van der Waals surface area contributed by atoms with Gasteiger partial charge in [0.2, 0.25) is 0 Å². The molecule has 0 aliphatic rings. The summed E-state index contributed by atoms with van der Waals surface area (Å²) in [4.78, 5) is 0. The normalized spacial score (nSPS) is 9.52. The number of hydrogen-bond donors (Lipinski definition) is 0. The first-order chi connectivity index (χ1) is 9.23. The van der Waals surface area contributed by atoms with Crippen molar-refractivity contribution in [1.82, 2.24) is 0 Å². The van der Waals surface area contributed by atoms with Crippen molar-refractivity contribution in [3.8, 4) is 0 Å². The lowest BCUT2D eigenvalue weighted by Gasteiger charge is -2.01. The number of rotatable bonds is 0. The van der Waals surface area contributed by atoms with Crippen LogP contribution in [0.5, 0.6) is 0 Å². The Morgan fingerprint density at radius 2 is 1.19 bits per heavy atom. The fourth-order valence-corrected chi connectivity index (χ4v) is 2.15. The highest BCUT2D eigenvalue weighted by Gasteiger charge is 2.05. The van der Waals surface area contributed by atoms with Crippen molar-refractivity contribution in [2.24, 2.45) is 0 Å². The molecule has 2 aromatic rings. The Morgan fingerprint density at radius 3 is 1.62 bits per heavy atom. The van der Waals surface area contributed by atoms with Crippen LogP contribution in [0, 0.1) is 32.4 Å². The molecule has 0 nitrogen and oxygen atoms in total. The van der Waals surface area contributed by atoms with Gasteiger partial charge < -0.3 is 0 Å². The lowest BCUT2D eigenvalue weighted by molar-refractivity contribution is 0.593. The Hall–Kier alpha value is -0.830.